The van der Waals surface area contributed by atoms with E-state index in [2.05, 4.69) is 20.7 Å². The third-order valence-corrected chi connectivity index (χ3v) is 4.28. The predicted molar refractivity (Wildman–Crippen MR) is 105 cm³/mol. The number of aromatic nitrogens is 2. The molecule has 0 aliphatic carbocycles. The van der Waals surface area contributed by atoms with Crippen LogP contribution in [0.3, 0.4) is 0 Å². The summed E-state index contributed by atoms with van der Waals surface area (Å²) in [6.07, 6.45) is 4.59. The van der Waals surface area contributed by atoms with Gasteiger partial charge in [0.1, 0.15) is 18.2 Å². The second-order valence-corrected chi connectivity index (χ2v) is 6.55. The zero-order valence-electron chi connectivity index (χ0n) is 15.3. The molecule has 0 unspecified atom stereocenters. The molecule has 0 amide bonds. The van der Waals surface area contributed by atoms with Crippen molar-refractivity contribution in [2.75, 3.05) is 19.3 Å². The molecule has 0 saturated heterocycles. The fraction of sp³-hybridized carbons (Fsp3) is 0.412. The van der Waals surface area contributed by atoms with E-state index in [4.69, 9.17) is 0 Å². The van der Waals surface area contributed by atoms with Gasteiger partial charge < -0.3 is 10.6 Å². The van der Waals surface area contributed by atoms with E-state index in [9.17, 15) is 14.5 Å². The van der Waals surface area contributed by atoms with Gasteiger partial charge in [-0.25, -0.2) is 9.38 Å². The van der Waals surface area contributed by atoms with E-state index in [1.165, 1.54) is 23.1 Å². The van der Waals surface area contributed by atoms with Crippen molar-refractivity contribution in [3.8, 4) is 0 Å². The topological polar surface area (TPSA) is 97.4 Å². The quantitative estimate of drug-likeness (QED) is 0.294. The molecule has 0 aliphatic rings. The zero-order chi connectivity index (χ0) is 19.6. The molecule has 0 fully saturated rings. The Morgan fingerprint density at radius 3 is 2.89 bits per heavy atom. The van der Waals surface area contributed by atoms with Gasteiger partial charge in [-0.1, -0.05) is 6.07 Å². The summed E-state index contributed by atoms with van der Waals surface area (Å²) in [6.45, 7) is 4.06. The molecule has 27 heavy (non-hydrogen) atoms. The van der Waals surface area contributed by atoms with Crippen LogP contribution in [0.4, 0.5) is 10.1 Å². The highest BCUT2D eigenvalue weighted by Crippen LogP contribution is 2.17. The monoisotopic (exact) mass is 394 g/mol. The van der Waals surface area contributed by atoms with Crippen molar-refractivity contribution in [1.29, 1.82) is 0 Å². The molecule has 0 saturated carbocycles. The number of nitro groups is 1. The molecular weight excluding hydrogens is 371 g/mol. The van der Waals surface area contributed by atoms with Crippen LogP contribution in [-0.4, -0.2) is 40.0 Å². The number of rotatable bonds is 9. The maximum Gasteiger partial charge on any atom is 0.306 e. The normalized spacial score (nSPS) is 11.4. The fourth-order valence-electron chi connectivity index (χ4n) is 2.40. The van der Waals surface area contributed by atoms with Crippen molar-refractivity contribution in [1.82, 2.24) is 20.4 Å². The number of nitrogens with one attached hydrogen (secondary N) is 2. The minimum absolute atomic E-state index is 0.0341. The van der Waals surface area contributed by atoms with Gasteiger partial charge in [0.05, 0.1) is 18.0 Å². The number of aliphatic imine (C=N–C) groups is 1. The van der Waals surface area contributed by atoms with Crippen molar-refractivity contribution in [2.24, 2.45) is 4.99 Å². The molecule has 0 bridgehead atoms. The molecule has 10 heteroatoms. The molecule has 2 rings (SSSR count). The summed E-state index contributed by atoms with van der Waals surface area (Å²) in [6, 6.07) is 4.75. The largest absolute Gasteiger partial charge is 0.357 e. The van der Waals surface area contributed by atoms with Gasteiger partial charge in [0.2, 0.25) is 0 Å². The Balaban J connectivity index is 1.96. The highest BCUT2D eigenvalue weighted by atomic mass is 32.2. The Bertz CT molecular complexity index is 795. The van der Waals surface area contributed by atoms with Crippen LogP contribution in [0.25, 0.3) is 0 Å². The third kappa shape index (κ3) is 6.55. The molecule has 1 aromatic carbocycles. The van der Waals surface area contributed by atoms with Crippen LogP contribution in [0, 0.1) is 15.9 Å². The lowest BCUT2D eigenvalue weighted by Gasteiger charge is -2.12. The van der Waals surface area contributed by atoms with E-state index in [1.807, 2.05) is 13.2 Å². The van der Waals surface area contributed by atoms with E-state index >= 15 is 0 Å². The van der Waals surface area contributed by atoms with Gasteiger partial charge in [0.25, 0.3) is 0 Å². The van der Waals surface area contributed by atoms with Gasteiger partial charge in [0, 0.05) is 18.8 Å². The SMILES string of the molecule is CCNC(=NCc1ccc(F)cc1CSC)NCCn1cc([N+](=O)[O-])cn1. The summed E-state index contributed by atoms with van der Waals surface area (Å²) in [4.78, 5) is 14.7. The van der Waals surface area contributed by atoms with Crippen LogP contribution in [-0.2, 0) is 18.8 Å². The zero-order valence-corrected chi connectivity index (χ0v) is 16.1. The molecule has 0 atom stereocenters. The number of guanidine groups is 1. The minimum atomic E-state index is -0.475. The summed E-state index contributed by atoms with van der Waals surface area (Å²) < 4.78 is 15.0. The summed E-state index contributed by atoms with van der Waals surface area (Å²) in [7, 11) is 0. The van der Waals surface area contributed by atoms with E-state index < -0.39 is 4.92 Å². The van der Waals surface area contributed by atoms with Crippen LogP contribution in [0.2, 0.25) is 0 Å². The van der Waals surface area contributed by atoms with Crippen LogP contribution in [0.5, 0.6) is 0 Å². The van der Waals surface area contributed by atoms with Crippen LogP contribution >= 0.6 is 11.8 Å². The average Bonchev–Trinajstić information content (AvgIpc) is 3.10. The molecule has 146 valence electrons. The lowest BCUT2D eigenvalue weighted by molar-refractivity contribution is -0.385. The number of benzene rings is 1. The molecule has 0 spiro atoms. The Morgan fingerprint density at radius 2 is 2.22 bits per heavy atom. The predicted octanol–water partition coefficient (Wildman–Crippen LogP) is 2.55. The highest BCUT2D eigenvalue weighted by molar-refractivity contribution is 7.97. The first-order valence-electron chi connectivity index (χ1n) is 8.48. The first-order chi connectivity index (χ1) is 13.0. The third-order valence-electron chi connectivity index (χ3n) is 3.68. The number of hydrogen-bond acceptors (Lipinski definition) is 5. The van der Waals surface area contributed by atoms with Gasteiger partial charge in [-0.15, -0.1) is 0 Å². The molecule has 2 aromatic rings. The number of thioether (sulfide) groups is 1. The minimum Gasteiger partial charge on any atom is -0.357 e. The highest BCUT2D eigenvalue weighted by Gasteiger charge is 2.08. The Kier molecular flexibility index (Phi) is 8.05. The number of halogens is 1. The standard InChI is InChI=1S/C17H23FN6O2S/c1-3-19-17(20-6-7-23-11-16(10-22-23)24(25)26)21-9-13-4-5-15(18)8-14(13)12-27-2/h4-5,8,10-11H,3,6-7,9,12H2,1-2H3,(H2,19,20,21). The van der Waals surface area contributed by atoms with E-state index in [1.54, 1.807) is 23.9 Å². The lowest BCUT2D eigenvalue weighted by Crippen LogP contribution is -2.38. The van der Waals surface area contributed by atoms with Gasteiger partial charge in [0.15, 0.2) is 5.96 Å². The Morgan fingerprint density at radius 1 is 1.41 bits per heavy atom. The van der Waals surface area contributed by atoms with Gasteiger partial charge in [-0.2, -0.15) is 16.9 Å². The summed E-state index contributed by atoms with van der Waals surface area (Å²) in [5.41, 5.74) is 1.88. The maximum absolute atomic E-state index is 13.4. The van der Waals surface area contributed by atoms with Crippen molar-refractivity contribution >= 4 is 23.4 Å². The summed E-state index contributed by atoms with van der Waals surface area (Å²) in [5.74, 6) is 1.11. The van der Waals surface area contributed by atoms with Crippen LogP contribution < -0.4 is 10.6 Å². The second-order valence-electron chi connectivity index (χ2n) is 5.69. The molecule has 2 N–H and O–H groups in total. The van der Waals surface area contributed by atoms with E-state index in [-0.39, 0.29) is 11.5 Å². The maximum atomic E-state index is 13.4. The second kappa shape index (κ2) is 10.5. The van der Waals surface area contributed by atoms with Crippen molar-refractivity contribution < 1.29 is 9.31 Å². The van der Waals surface area contributed by atoms with Crippen LogP contribution in [0.15, 0.2) is 35.6 Å². The number of hydrogen-bond donors (Lipinski definition) is 2. The molecule has 1 heterocycles. The Hall–Kier alpha value is -2.62. The van der Waals surface area contributed by atoms with Gasteiger partial charge >= 0.3 is 5.69 Å². The number of nitrogens with zero attached hydrogens (tertiary/aromatic N) is 4. The van der Waals surface area contributed by atoms with Crippen LogP contribution in [0.1, 0.15) is 18.1 Å². The van der Waals surface area contributed by atoms with E-state index in [0.29, 0.717) is 32.1 Å². The molecule has 0 aliphatic heterocycles. The molecular formula is C17H23FN6O2S. The molecule has 1 aromatic heterocycles. The fourth-order valence-corrected chi connectivity index (χ4v) is 2.98. The van der Waals surface area contributed by atoms with Gasteiger partial charge in [-0.3, -0.25) is 14.8 Å². The average molecular weight is 394 g/mol. The Labute approximate surface area is 161 Å². The van der Waals surface area contributed by atoms with Crippen molar-refractivity contribution in [3.63, 3.8) is 0 Å². The van der Waals surface area contributed by atoms with Crippen molar-refractivity contribution in [3.05, 3.63) is 57.7 Å². The summed E-state index contributed by atoms with van der Waals surface area (Å²) in [5, 5.41) is 20.9. The first-order valence-corrected chi connectivity index (χ1v) is 9.88. The van der Waals surface area contributed by atoms with Gasteiger partial charge in [-0.05, 0) is 36.4 Å². The molecule has 8 nitrogen and oxygen atoms in total. The summed E-state index contributed by atoms with van der Waals surface area (Å²) >= 11 is 1.63. The van der Waals surface area contributed by atoms with Crippen molar-refractivity contribution in [2.45, 2.75) is 25.8 Å². The lowest BCUT2D eigenvalue weighted by atomic mass is 10.1. The smallest absolute Gasteiger partial charge is 0.306 e. The molecule has 0 radical (unpaired) electrons. The first kappa shape index (κ1) is 20.7. The van der Waals surface area contributed by atoms with E-state index in [0.717, 1.165) is 16.9 Å².